The molecule has 1 aromatic rings. The van der Waals surface area contributed by atoms with Crippen molar-refractivity contribution >= 4 is 17.3 Å². The molecule has 0 saturated heterocycles. The van der Waals surface area contributed by atoms with Crippen LogP contribution in [0.1, 0.15) is 19.8 Å². The fourth-order valence-corrected chi connectivity index (χ4v) is 1.51. The molecular formula is C11H14ClN3O. The van der Waals surface area contributed by atoms with E-state index in [2.05, 4.69) is 16.3 Å². The fourth-order valence-electron chi connectivity index (χ4n) is 1.28. The highest BCUT2D eigenvalue weighted by Gasteiger charge is 2.10. The Hall–Kier alpha value is -1.47. The molecule has 0 aromatic carbocycles. The van der Waals surface area contributed by atoms with Crippen molar-refractivity contribution in [3.05, 3.63) is 21.6 Å². The summed E-state index contributed by atoms with van der Waals surface area (Å²) in [4.78, 5) is 11.5. The third kappa shape index (κ3) is 2.77. The summed E-state index contributed by atoms with van der Waals surface area (Å²) in [5.41, 5.74) is 0.153. The van der Waals surface area contributed by atoms with Crippen molar-refractivity contribution in [2.45, 2.75) is 25.8 Å². The fraction of sp³-hybridized carbons (Fsp3) is 0.455. The van der Waals surface area contributed by atoms with Gasteiger partial charge in [0.15, 0.2) is 0 Å². The van der Waals surface area contributed by atoms with E-state index in [1.54, 1.807) is 7.05 Å². The van der Waals surface area contributed by atoms with Crippen molar-refractivity contribution in [3.8, 4) is 12.3 Å². The van der Waals surface area contributed by atoms with Crippen molar-refractivity contribution in [1.82, 2.24) is 9.78 Å². The zero-order chi connectivity index (χ0) is 12.1. The SMILES string of the molecule is C#CC(CCC)Nc1cnn(C)c(=O)c1Cl. The van der Waals surface area contributed by atoms with E-state index in [9.17, 15) is 4.79 Å². The highest BCUT2D eigenvalue weighted by Crippen LogP contribution is 2.17. The molecule has 4 nitrogen and oxygen atoms in total. The summed E-state index contributed by atoms with van der Waals surface area (Å²) in [6.45, 7) is 2.04. The molecule has 0 fully saturated rings. The van der Waals surface area contributed by atoms with Crippen molar-refractivity contribution in [3.63, 3.8) is 0 Å². The van der Waals surface area contributed by atoms with Gasteiger partial charge in [0.05, 0.1) is 17.9 Å². The van der Waals surface area contributed by atoms with Crippen LogP contribution in [0.15, 0.2) is 11.0 Å². The van der Waals surface area contributed by atoms with Crippen LogP contribution in [0.25, 0.3) is 0 Å². The molecule has 1 unspecified atom stereocenters. The van der Waals surface area contributed by atoms with Gasteiger partial charge < -0.3 is 5.32 Å². The van der Waals surface area contributed by atoms with Gasteiger partial charge in [-0.1, -0.05) is 30.9 Å². The predicted octanol–water partition coefficient (Wildman–Crippen LogP) is 1.65. The molecule has 0 spiro atoms. The zero-order valence-corrected chi connectivity index (χ0v) is 10.1. The molecule has 16 heavy (non-hydrogen) atoms. The van der Waals surface area contributed by atoms with Gasteiger partial charge in [-0.15, -0.1) is 6.42 Å². The van der Waals surface area contributed by atoms with E-state index in [0.717, 1.165) is 12.8 Å². The van der Waals surface area contributed by atoms with Gasteiger partial charge in [0, 0.05) is 7.05 Å². The quantitative estimate of drug-likeness (QED) is 0.813. The summed E-state index contributed by atoms with van der Waals surface area (Å²) < 4.78 is 1.18. The van der Waals surface area contributed by atoms with Gasteiger partial charge in [-0.25, -0.2) is 4.68 Å². The number of anilines is 1. The molecule has 1 heterocycles. The van der Waals surface area contributed by atoms with Crippen molar-refractivity contribution < 1.29 is 0 Å². The summed E-state index contributed by atoms with van der Waals surface area (Å²) >= 11 is 5.90. The van der Waals surface area contributed by atoms with Gasteiger partial charge in [0.2, 0.25) is 0 Å². The van der Waals surface area contributed by atoms with Gasteiger partial charge in [0.1, 0.15) is 5.02 Å². The minimum Gasteiger partial charge on any atom is -0.369 e. The second-order valence-electron chi connectivity index (χ2n) is 3.45. The molecule has 1 aromatic heterocycles. The van der Waals surface area contributed by atoms with Crippen LogP contribution in [-0.2, 0) is 7.05 Å². The third-order valence-electron chi connectivity index (χ3n) is 2.19. The molecular weight excluding hydrogens is 226 g/mol. The molecule has 0 aliphatic carbocycles. The maximum absolute atomic E-state index is 11.5. The first-order chi connectivity index (χ1) is 7.60. The van der Waals surface area contributed by atoms with Crippen LogP contribution < -0.4 is 10.9 Å². The number of hydrogen-bond donors (Lipinski definition) is 1. The highest BCUT2D eigenvalue weighted by molar-refractivity contribution is 6.32. The Bertz CT molecular complexity index is 461. The lowest BCUT2D eigenvalue weighted by atomic mass is 10.2. The Kier molecular flexibility index (Phi) is 4.39. The van der Waals surface area contributed by atoms with E-state index in [0.29, 0.717) is 5.69 Å². The third-order valence-corrected chi connectivity index (χ3v) is 2.55. The number of nitrogens with zero attached hydrogens (tertiary/aromatic N) is 2. The maximum atomic E-state index is 11.5. The summed E-state index contributed by atoms with van der Waals surface area (Å²) in [6.07, 6.45) is 8.65. The van der Waals surface area contributed by atoms with Crippen LogP contribution in [0.3, 0.4) is 0 Å². The van der Waals surface area contributed by atoms with E-state index in [-0.39, 0.29) is 16.6 Å². The number of aryl methyl sites for hydroxylation is 1. The first kappa shape index (κ1) is 12.6. The molecule has 0 amide bonds. The van der Waals surface area contributed by atoms with E-state index in [1.165, 1.54) is 10.9 Å². The van der Waals surface area contributed by atoms with E-state index in [1.807, 2.05) is 6.92 Å². The Balaban J connectivity index is 2.94. The van der Waals surface area contributed by atoms with Crippen LogP contribution in [0.5, 0.6) is 0 Å². The number of nitrogens with one attached hydrogen (secondary N) is 1. The van der Waals surface area contributed by atoms with E-state index < -0.39 is 0 Å². The minimum atomic E-state index is -0.334. The monoisotopic (exact) mass is 239 g/mol. The van der Waals surface area contributed by atoms with Gasteiger partial charge in [-0.3, -0.25) is 4.79 Å². The Labute approximate surface area is 99.6 Å². The van der Waals surface area contributed by atoms with Crippen LogP contribution in [0, 0.1) is 12.3 Å². The lowest BCUT2D eigenvalue weighted by molar-refractivity contribution is 0.703. The molecule has 0 saturated carbocycles. The molecule has 1 N–H and O–H groups in total. The molecule has 5 heteroatoms. The Morgan fingerprint density at radius 3 is 3.00 bits per heavy atom. The molecule has 86 valence electrons. The molecule has 1 atom stereocenters. The summed E-state index contributed by atoms with van der Waals surface area (Å²) in [5.74, 6) is 2.61. The average molecular weight is 240 g/mol. The normalized spacial score (nSPS) is 11.9. The molecule has 0 bridgehead atoms. The number of rotatable bonds is 4. The smallest absolute Gasteiger partial charge is 0.287 e. The van der Waals surface area contributed by atoms with Crippen LogP contribution >= 0.6 is 11.6 Å². The summed E-state index contributed by atoms with van der Waals surface area (Å²) in [5, 5.41) is 7.02. The summed E-state index contributed by atoms with van der Waals surface area (Å²) in [6, 6.07) is -0.128. The molecule has 0 radical (unpaired) electrons. The van der Waals surface area contributed by atoms with Gasteiger partial charge in [-0.05, 0) is 6.42 Å². The molecule has 0 aliphatic rings. The summed E-state index contributed by atoms with van der Waals surface area (Å²) in [7, 11) is 1.54. The predicted molar refractivity (Wildman–Crippen MR) is 65.6 cm³/mol. The van der Waals surface area contributed by atoms with E-state index in [4.69, 9.17) is 18.0 Å². The first-order valence-corrected chi connectivity index (χ1v) is 5.42. The number of halogens is 1. The standard InChI is InChI=1S/C11H14ClN3O/c1-4-6-8(5-2)14-9-7-13-15(3)11(16)10(9)12/h2,7-8,14H,4,6H2,1,3H3. The minimum absolute atomic E-state index is 0.119. The Morgan fingerprint density at radius 2 is 2.44 bits per heavy atom. The highest BCUT2D eigenvalue weighted by atomic mass is 35.5. The van der Waals surface area contributed by atoms with Crippen molar-refractivity contribution in [1.29, 1.82) is 0 Å². The topological polar surface area (TPSA) is 46.9 Å². The van der Waals surface area contributed by atoms with Crippen molar-refractivity contribution in [2.75, 3.05) is 5.32 Å². The largest absolute Gasteiger partial charge is 0.369 e. The molecule has 0 aliphatic heterocycles. The lowest BCUT2D eigenvalue weighted by Gasteiger charge is -2.14. The number of hydrogen-bond acceptors (Lipinski definition) is 3. The molecule has 1 rings (SSSR count). The second-order valence-corrected chi connectivity index (χ2v) is 3.83. The average Bonchev–Trinajstić information content (AvgIpc) is 2.29. The van der Waals surface area contributed by atoms with Gasteiger partial charge in [-0.2, -0.15) is 5.10 Å². The maximum Gasteiger partial charge on any atom is 0.287 e. The number of terminal acetylenes is 1. The second kappa shape index (κ2) is 5.57. The van der Waals surface area contributed by atoms with Gasteiger partial charge in [0.25, 0.3) is 5.56 Å². The zero-order valence-electron chi connectivity index (χ0n) is 9.33. The Morgan fingerprint density at radius 1 is 1.75 bits per heavy atom. The van der Waals surface area contributed by atoms with Gasteiger partial charge >= 0.3 is 0 Å². The van der Waals surface area contributed by atoms with Crippen LogP contribution in [0.2, 0.25) is 5.02 Å². The first-order valence-electron chi connectivity index (χ1n) is 5.04. The number of aromatic nitrogens is 2. The van der Waals surface area contributed by atoms with Crippen LogP contribution in [-0.4, -0.2) is 15.8 Å². The van der Waals surface area contributed by atoms with E-state index >= 15 is 0 Å². The van der Waals surface area contributed by atoms with Crippen LogP contribution in [0.4, 0.5) is 5.69 Å². The lowest BCUT2D eigenvalue weighted by Crippen LogP contribution is -2.24. The van der Waals surface area contributed by atoms with Crippen molar-refractivity contribution in [2.24, 2.45) is 7.05 Å².